The van der Waals surface area contributed by atoms with E-state index in [1.807, 2.05) is 39.3 Å². The number of carbonyl (C=O) groups excluding carboxylic acids is 1. The molecule has 1 heterocycles. The van der Waals surface area contributed by atoms with E-state index in [0.29, 0.717) is 6.54 Å². The van der Waals surface area contributed by atoms with E-state index in [4.69, 9.17) is 0 Å². The first-order valence-corrected chi connectivity index (χ1v) is 7.07. The molecule has 6 heteroatoms. The summed E-state index contributed by atoms with van der Waals surface area (Å²) in [7, 11) is 0. The van der Waals surface area contributed by atoms with Crippen molar-refractivity contribution >= 4 is 11.7 Å². The molecule has 0 saturated carbocycles. The van der Waals surface area contributed by atoms with Crippen LogP contribution in [-0.4, -0.2) is 44.5 Å². The minimum Gasteiger partial charge on any atom is -0.392 e. The second-order valence-corrected chi connectivity index (χ2v) is 5.39. The van der Waals surface area contributed by atoms with E-state index in [1.54, 1.807) is 11.8 Å². The molecule has 0 radical (unpaired) electrons. The van der Waals surface area contributed by atoms with Crippen molar-refractivity contribution in [2.24, 2.45) is 0 Å². The van der Waals surface area contributed by atoms with Crippen LogP contribution in [0.1, 0.15) is 39.1 Å². The van der Waals surface area contributed by atoms with Gasteiger partial charge in [0.15, 0.2) is 0 Å². The minimum atomic E-state index is -0.552. The standard InChI is InChI=1S/C14H26N4O2/c1-7-18-12(6)13(11(5)16-18)15-14(20)17(9(2)3)8-10(4)19/h9-10,19H,7-8H2,1-6H3,(H,15,20). The molecule has 6 nitrogen and oxygen atoms in total. The van der Waals surface area contributed by atoms with E-state index in [2.05, 4.69) is 10.4 Å². The molecule has 0 aromatic carbocycles. The molecule has 114 valence electrons. The zero-order chi connectivity index (χ0) is 15.4. The van der Waals surface area contributed by atoms with Crippen molar-refractivity contribution in [3.8, 4) is 0 Å². The zero-order valence-electron chi connectivity index (χ0n) is 13.3. The highest BCUT2D eigenvalue weighted by Crippen LogP contribution is 2.20. The monoisotopic (exact) mass is 282 g/mol. The summed E-state index contributed by atoms with van der Waals surface area (Å²) in [4.78, 5) is 14.0. The predicted molar refractivity (Wildman–Crippen MR) is 79.9 cm³/mol. The molecule has 1 atom stereocenters. The summed E-state index contributed by atoms with van der Waals surface area (Å²) in [5.74, 6) is 0. The summed E-state index contributed by atoms with van der Waals surface area (Å²) in [6, 6.07) is -0.186. The number of aliphatic hydroxyl groups is 1. The summed E-state index contributed by atoms with van der Waals surface area (Å²) >= 11 is 0. The molecule has 1 aromatic rings. The molecule has 0 spiro atoms. The molecule has 20 heavy (non-hydrogen) atoms. The number of aromatic nitrogens is 2. The first-order valence-electron chi connectivity index (χ1n) is 7.07. The summed E-state index contributed by atoms with van der Waals surface area (Å²) in [5.41, 5.74) is 2.51. The van der Waals surface area contributed by atoms with Gasteiger partial charge in [-0.25, -0.2) is 4.79 Å². The van der Waals surface area contributed by atoms with Gasteiger partial charge >= 0.3 is 6.03 Å². The quantitative estimate of drug-likeness (QED) is 0.869. The predicted octanol–water partition coefficient (Wildman–Crippen LogP) is 2.14. The van der Waals surface area contributed by atoms with E-state index in [0.717, 1.165) is 23.6 Å². The van der Waals surface area contributed by atoms with Gasteiger partial charge < -0.3 is 15.3 Å². The highest BCUT2D eigenvalue weighted by atomic mass is 16.3. The van der Waals surface area contributed by atoms with Crippen LogP contribution in [0.15, 0.2) is 0 Å². The molecule has 2 N–H and O–H groups in total. The van der Waals surface area contributed by atoms with Crippen molar-refractivity contribution in [1.29, 1.82) is 0 Å². The van der Waals surface area contributed by atoms with Crippen LogP contribution in [0.3, 0.4) is 0 Å². The number of urea groups is 1. The lowest BCUT2D eigenvalue weighted by atomic mass is 10.2. The lowest BCUT2D eigenvalue weighted by molar-refractivity contribution is 0.125. The molecule has 2 amide bonds. The van der Waals surface area contributed by atoms with Gasteiger partial charge in [0.05, 0.1) is 23.2 Å². The van der Waals surface area contributed by atoms with Crippen molar-refractivity contribution < 1.29 is 9.90 Å². The minimum absolute atomic E-state index is 0.0198. The number of aryl methyl sites for hydroxylation is 2. The molecular formula is C14H26N4O2. The second kappa shape index (κ2) is 6.74. The normalized spacial score (nSPS) is 12.6. The van der Waals surface area contributed by atoms with E-state index >= 15 is 0 Å². The number of aliphatic hydroxyl groups excluding tert-OH is 1. The maximum atomic E-state index is 12.4. The van der Waals surface area contributed by atoms with Crippen LogP contribution in [0.5, 0.6) is 0 Å². The highest BCUT2D eigenvalue weighted by Gasteiger charge is 2.21. The number of hydrogen-bond acceptors (Lipinski definition) is 3. The van der Waals surface area contributed by atoms with Crippen molar-refractivity contribution in [2.75, 3.05) is 11.9 Å². The van der Waals surface area contributed by atoms with Crippen LogP contribution < -0.4 is 5.32 Å². The molecule has 1 rings (SSSR count). The summed E-state index contributed by atoms with van der Waals surface area (Å²) in [5, 5.41) is 16.8. The third-order valence-corrected chi connectivity index (χ3v) is 3.26. The van der Waals surface area contributed by atoms with E-state index in [-0.39, 0.29) is 12.1 Å². The van der Waals surface area contributed by atoms with Crippen molar-refractivity contribution in [1.82, 2.24) is 14.7 Å². The second-order valence-electron chi connectivity index (χ2n) is 5.39. The van der Waals surface area contributed by atoms with Crippen LogP contribution >= 0.6 is 0 Å². The molecule has 1 unspecified atom stereocenters. The fourth-order valence-electron chi connectivity index (χ4n) is 2.18. The number of nitrogens with zero attached hydrogens (tertiary/aromatic N) is 3. The fourth-order valence-corrected chi connectivity index (χ4v) is 2.18. The Labute approximate surface area is 120 Å². The Hall–Kier alpha value is -1.56. The van der Waals surface area contributed by atoms with Crippen LogP contribution in [0.2, 0.25) is 0 Å². The summed E-state index contributed by atoms with van der Waals surface area (Å²) < 4.78 is 1.86. The van der Waals surface area contributed by atoms with Crippen molar-refractivity contribution in [3.63, 3.8) is 0 Å². The molecule has 0 fully saturated rings. The topological polar surface area (TPSA) is 70.4 Å². The number of anilines is 1. The van der Waals surface area contributed by atoms with Gasteiger partial charge in [-0.3, -0.25) is 4.68 Å². The molecule has 0 saturated heterocycles. The van der Waals surface area contributed by atoms with Gasteiger partial charge in [-0.05, 0) is 41.5 Å². The van der Waals surface area contributed by atoms with E-state index < -0.39 is 6.10 Å². The molecule has 0 bridgehead atoms. The average Bonchev–Trinajstić information content (AvgIpc) is 2.62. The number of carbonyl (C=O) groups is 1. The highest BCUT2D eigenvalue weighted by molar-refractivity contribution is 5.90. The molecule has 1 aromatic heterocycles. The van der Waals surface area contributed by atoms with Gasteiger partial charge in [0.2, 0.25) is 0 Å². The van der Waals surface area contributed by atoms with E-state index in [9.17, 15) is 9.90 Å². The number of rotatable bonds is 5. The largest absolute Gasteiger partial charge is 0.392 e. The van der Waals surface area contributed by atoms with E-state index in [1.165, 1.54) is 0 Å². The Morgan fingerprint density at radius 3 is 2.40 bits per heavy atom. The Bertz CT molecular complexity index is 466. The third kappa shape index (κ3) is 3.72. The van der Waals surface area contributed by atoms with Gasteiger partial charge in [-0.15, -0.1) is 0 Å². The first kappa shape index (κ1) is 16.5. The van der Waals surface area contributed by atoms with Gasteiger partial charge in [-0.1, -0.05) is 0 Å². The Kier molecular flexibility index (Phi) is 5.56. The molecule has 0 aliphatic heterocycles. The Balaban J connectivity index is 2.91. The maximum absolute atomic E-state index is 12.4. The number of amides is 2. The van der Waals surface area contributed by atoms with Gasteiger partial charge in [0, 0.05) is 19.1 Å². The number of nitrogens with one attached hydrogen (secondary N) is 1. The van der Waals surface area contributed by atoms with Crippen LogP contribution in [-0.2, 0) is 6.54 Å². The molecule has 0 aliphatic rings. The van der Waals surface area contributed by atoms with Gasteiger partial charge in [-0.2, -0.15) is 5.10 Å². The molecule has 0 aliphatic carbocycles. The Morgan fingerprint density at radius 1 is 1.40 bits per heavy atom. The third-order valence-electron chi connectivity index (χ3n) is 3.26. The summed E-state index contributed by atoms with van der Waals surface area (Å²) in [6.07, 6.45) is -0.552. The zero-order valence-corrected chi connectivity index (χ0v) is 13.3. The summed E-state index contributed by atoms with van der Waals surface area (Å²) in [6.45, 7) is 12.4. The first-order chi connectivity index (χ1) is 9.27. The van der Waals surface area contributed by atoms with Crippen molar-refractivity contribution in [2.45, 2.75) is 60.2 Å². The number of hydrogen-bond donors (Lipinski definition) is 2. The van der Waals surface area contributed by atoms with Crippen molar-refractivity contribution in [3.05, 3.63) is 11.4 Å². The SMILES string of the molecule is CCn1nc(C)c(NC(=O)N(CC(C)O)C(C)C)c1C. The smallest absolute Gasteiger partial charge is 0.322 e. The molecular weight excluding hydrogens is 256 g/mol. The van der Waals surface area contributed by atoms with Crippen LogP contribution in [0.4, 0.5) is 10.5 Å². The van der Waals surface area contributed by atoms with Gasteiger partial charge in [0.25, 0.3) is 0 Å². The van der Waals surface area contributed by atoms with Crippen LogP contribution in [0.25, 0.3) is 0 Å². The lowest BCUT2D eigenvalue weighted by Gasteiger charge is -2.28. The van der Waals surface area contributed by atoms with Crippen LogP contribution in [0, 0.1) is 13.8 Å². The average molecular weight is 282 g/mol. The Morgan fingerprint density at radius 2 is 2.00 bits per heavy atom. The van der Waals surface area contributed by atoms with Gasteiger partial charge in [0.1, 0.15) is 0 Å². The maximum Gasteiger partial charge on any atom is 0.322 e. The fraction of sp³-hybridized carbons (Fsp3) is 0.714. The lowest BCUT2D eigenvalue weighted by Crippen LogP contribution is -2.44.